The molecule has 2 N–H and O–H groups in total. The van der Waals surface area contributed by atoms with E-state index in [2.05, 4.69) is 10.6 Å². The summed E-state index contributed by atoms with van der Waals surface area (Å²) < 4.78 is 38.9. The molecule has 144 valence electrons. The smallest absolute Gasteiger partial charge is 0.355 e. The lowest BCUT2D eigenvalue weighted by atomic mass is 10.1. The van der Waals surface area contributed by atoms with Gasteiger partial charge in [-0.05, 0) is 36.9 Å². The van der Waals surface area contributed by atoms with Crippen molar-refractivity contribution in [2.24, 2.45) is 0 Å². The number of hydrogen-bond acceptors (Lipinski definition) is 3. The lowest BCUT2D eigenvalue weighted by Gasteiger charge is -2.18. The number of nitrogens with one attached hydrogen (secondary N) is 2. The quantitative estimate of drug-likeness (QED) is 0.811. The van der Waals surface area contributed by atoms with E-state index in [-0.39, 0.29) is 18.1 Å². The second-order valence-corrected chi connectivity index (χ2v) is 6.04. The van der Waals surface area contributed by atoms with Crippen LogP contribution < -0.4 is 10.6 Å². The van der Waals surface area contributed by atoms with Crippen LogP contribution in [-0.4, -0.2) is 37.4 Å². The minimum atomic E-state index is -4.54. The number of rotatable bonds is 6. The Bertz CT molecular complexity index is 805. The number of alkyl halides is 3. The fraction of sp³-hybridized carbons (Fsp3) is 0.263. The SMILES string of the molecule is CNC(=O)c1ccc(CN(C)CC(=O)Nc2ccccc2C(F)(F)F)cc1. The molecule has 0 aromatic heterocycles. The van der Waals surface area contributed by atoms with E-state index >= 15 is 0 Å². The normalized spacial score (nSPS) is 11.3. The van der Waals surface area contributed by atoms with Crippen LogP contribution in [0.4, 0.5) is 18.9 Å². The number of carbonyl (C=O) groups excluding carboxylic acids is 2. The number of anilines is 1. The van der Waals surface area contributed by atoms with Crippen molar-refractivity contribution in [3.63, 3.8) is 0 Å². The van der Waals surface area contributed by atoms with Crippen LogP contribution in [0.3, 0.4) is 0 Å². The highest BCUT2D eigenvalue weighted by Gasteiger charge is 2.33. The highest BCUT2D eigenvalue weighted by atomic mass is 19.4. The largest absolute Gasteiger partial charge is 0.418 e. The zero-order valence-electron chi connectivity index (χ0n) is 14.9. The summed E-state index contributed by atoms with van der Waals surface area (Å²) >= 11 is 0. The van der Waals surface area contributed by atoms with Gasteiger partial charge in [-0.15, -0.1) is 0 Å². The van der Waals surface area contributed by atoms with Crippen molar-refractivity contribution in [2.45, 2.75) is 12.7 Å². The van der Waals surface area contributed by atoms with E-state index in [9.17, 15) is 22.8 Å². The first-order valence-corrected chi connectivity index (χ1v) is 8.16. The van der Waals surface area contributed by atoms with E-state index < -0.39 is 17.6 Å². The topological polar surface area (TPSA) is 61.4 Å². The maximum atomic E-state index is 13.0. The van der Waals surface area contributed by atoms with E-state index in [0.717, 1.165) is 11.6 Å². The molecule has 27 heavy (non-hydrogen) atoms. The predicted molar refractivity (Wildman–Crippen MR) is 96.2 cm³/mol. The summed E-state index contributed by atoms with van der Waals surface area (Å²) in [6.45, 7) is 0.325. The highest BCUT2D eigenvalue weighted by Crippen LogP contribution is 2.34. The number of likely N-dealkylation sites (N-methyl/N-ethyl adjacent to an activating group) is 1. The van der Waals surface area contributed by atoms with Gasteiger partial charge in [0, 0.05) is 19.2 Å². The summed E-state index contributed by atoms with van der Waals surface area (Å²) in [5, 5.41) is 4.84. The average Bonchev–Trinajstić information content (AvgIpc) is 2.61. The van der Waals surface area contributed by atoms with Crippen LogP contribution in [0.1, 0.15) is 21.5 Å². The molecule has 0 aliphatic carbocycles. The standard InChI is InChI=1S/C19H20F3N3O2/c1-23-18(27)14-9-7-13(8-10-14)11-25(2)12-17(26)24-16-6-4-3-5-15(16)19(20,21)22/h3-10H,11-12H2,1-2H3,(H,23,27)(H,24,26). The lowest BCUT2D eigenvalue weighted by molar-refractivity contribution is -0.137. The van der Waals surface area contributed by atoms with Gasteiger partial charge in [-0.1, -0.05) is 24.3 Å². The zero-order chi connectivity index (χ0) is 20.0. The van der Waals surface area contributed by atoms with Crippen molar-refractivity contribution in [1.82, 2.24) is 10.2 Å². The average molecular weight is 379 g/mol. The van der Waals surface area contributed by atoms with Gasteiger partial charge < -0.3 is 10.6 Å². The molecule has 0 saturated carbocycles. The molecule has 5 nitrogen and oxygen atoms in total. The van der Waals surface area contributed by atoms with Gasteiger partial charge in [0.25, 0.3) is 5.91 Å². The highest BCUT2D eigenvalue weighted by molar-refractivity contribution is 5.94. The van der Waals surface area contributed by atoms with Gasteiger partial charge in [-0.3, -0.25) is 14.5 Å². The van der Waals surface area contributed by atoms with Crippen molar-refractivity contribution in [3.05, 3.63) is 65.2 Å². The molecule has 0 radical (unpaired) electrons. The summed E-state index contributed by atoms with van der Waals surface area (Å²) in [6, 6.07) is 11.7. The number of hydrogen-bond donors (Lipinski definition) is 2. The zero-order valence-corrected chi connectivity index (χ0v) is 14.9. The number of benzene rings is 2. The first kappa shape index (κ1) is 20.4. The fourth-order valence-corrected chi connectivity index (χ4v) is 2.55. The minimum Gasteiger partial charge on any atom is -0.355 e. The molecule has 0 bridgehead atoms. The molecular weight excluding hydrogens is 359 g/mol. The van der Waals surface area contributed by atoms with Gasteiger partial charge in [0.15, 0.2) is 0 Å². The van der Waals surface area contributed by atoms with Gasteiger partial charge >= 0.3 is 6.18 Å². The van der Waals surface area contributed by atoms with Crippen LogP contribution in [0.5, 0.6) is 0 Å². The van der Waals surface area contributed by atoms with Gasteiger partial charge in [0.2, 0.25) is 5.91 Å². The molecule has 0 spiro atoms. The molecule has 0 fully saturated rings. The molecule has 0 saturated heterocycles. The summed E-state index contributed by atoms with van der Waals surface area (Å²) in [6.07, 6.45) is -4.54. The van der Waals surface area contributed by atoms with Crippen LogP contribution in [0.25, 0.3) is 0 Å². The van der Waals surface area contributed by atoms with Crippen molar-refractivity contribution < 1.29 is 22.8 Å². The van der Waals surface area contributed by atoms with Gasteiger partial charge in [0.05, 0.1) is 17.8 Å². The van der Waals surface area contributed by atoms with Crippen LogP contribution in [0.2, 0.25) is 0 Å². The third-order valence-electron chi connectivity index (χ3n) is 3.82. The molecule has 2 aromatic rings. The summed E-state index contributed by atoms with van der Waals surface area (Å²) in [5.74, 6) is -0.742. The van der Waals surface area contributed by atoms with E-state index in [1.54, 1.807) is 43.3 Å². The van der Waals surface area contributed by atoms with Crippen LogP contribution >= 0.6 is 0 Å². The third kappa shape index (κ3) is 5.82. The maximum Gasteiger partial charge on any atom is 0.418 e. The Labute approximate surface area is 155 Å². The van der Waals surface area contributed by atoms with Crippen molar-refractivity contribution in [3.8, 4) is 0 Å². The molecule has 2 rings (SSSR count). The number of amides is 2. The number of halogens is 3. The Hall–Kier alpha value is -2.87. The maximum absolute atomic E-state index is 13.0. The predicted octanol–water partition coefficient (Wildman–Crippen LogP) is 3.14. The van der Waals surface area contributed by atoms with Gasteiger partial charge in [-0.2, -0.15) is 13.2 Å². The van der Waals surface area contributed by atoms with Crippen molar-refractivity contribution >= 4 is 17.5 Å². The number of carbonyl (C=O) groups is 2. The second kappa shape index (κ2) is 8.68. The molecular formula is C19H20F3N3O2. The lowest BCUT2D eigenvalue weighted by Crippen LogP contribution is -2.30. The Kier molecular flexibility index (Phi) is 6.57. The fourth-order valence-electron chi connectivity index (χ4n) is 2.55. The third-order valence-corrected chi connectivity index (χ3v) is 3.82. The van der Waals surface area contributed by atoms with E-state index in [4.69, 9.17) is 0 Å². The summed E-state index contributed by atoms with van der Waals surface area (Å²) in [4.78, 5) is 25.3. The summed E-state index contributed by atoms with van der Waals surface area (Å²) in [7, 11) is 3.22. The molecule has 2 amide bonds. The minimum absolute atomic E-state index is 0.0800. The second-order valence-electron chi connectivity index (χ2n) is 6.04. The monoisotopic (exact) mass is 379 g/mol. The van der Waals surface area contributed by atoms with E-state index in [0.29, 0.717) is 12.1 Å². The number of nitrogens with zero attached hydrogens (tertiary/aromatic N) is 1. The molecule has 0 heterocycles. The van der Waals surface area contributed by atoms with Crippen molar-refractivity contribution in [1.29, 1.82) is 0 Å². The summed E-state index contributed by atoms with van der Waals surface area (Å²) in [5.41, 5.74) is 0.239. The Morgan fingerprint density at radius 1 is 1.04 bits per heavy atom. The molecule has 0 aliphatic rings. The van der Waals surface area contributed by atoms with Crippen LogP contribution in [0, 0.1) is 0 Å². The molecule has 2 aromatic carbocycles. The van der Waals surface area contributed by atoms with Gasteiger partial charge in [-0.25, -0.2) is 0 Å². The Morgan fingerprint density at radius 3 is 2.26 bits per heavy atom. The van der Waals surface area contributed by atoms with Crippen molar-refractivity contribution in [2.75, 3.05) is 26.0 Å². The molecule has 8 heteroatoms. The number of para-hydroxylation sites is 1. The first-order chi connectivity index (χ1) is 12.7. The molecule has 0 unspecified atom stereocenters. The van der Waals surface area contributed by atoms with E-state index in [1.807, 2.05) is 0 Å². The molecule has 0 atom stereocenters. The first-order valence-electron chi connectivity index (χ1n) is 8.16. The van der Waals surface area contributed by atoms with E-state index in [1.165, 1.54) is 18.2 Å². The molecule has 0 aliphatic heterocycles. The van der Waals surface area contributed by atoms with Gasteiger partial charge in [0.1, 0.15) is 0 Å². The van der Waals surface area contributed by atoms with Crippen LogP contribution in [0.15, 0.2) is 48.5 Å². The van der Waals surface area contributed by atoms with Crippen LogP contribution in [-0.2, 0) is 17.5 Å². The Balaban J connectivity index is 1.96. The Morgan fingerprint density at radius 2 is 1.67 bits per heavy atom.